The Morgan fingerprint density at radius 2 is 2.05 bits per heavy atom. The molecule has 1 aliphatic rings. The highest BCUT2D eigenvalue weighted by molar-refractivity contribution is 5.38. The first-order chi connectivity index (χ1) is 9.65. The van der Waals surface area contributed by atoms with Crippen molar-refractivity contribution in [3.05, 3.63) is 29.3 Å². The van der Waals surface area contributed by atoms with E-state index in [9.17, 15) is 0 Å². The summed E-state index contributed by atoms with van der Waals surface area (Å²) in [6.07, 6.45) is 4.51. The minimum absolute atomic E-state index is 0.00473. The molecular weight excluding hydrogens is 250 g/mol. The SMILES string of the molecule is CCNC(Cc1cc(C)ccc1OC)C1(OC)CCC1. The van der Waals surface area contributed by atoms with Gasteiger partial charge in [0.25, 0.3) is 0 Å². The Hall–Kier alpha value is -1.06. The molecule has 0 spiro atoms. The lowest BCUT2D eigenvalue weighted by molar-refractivity contribution is -0.0978. The van der Waals surface area contributed by atoms with E-state index in [4.69, 9.17) is 9.47 Å². The normalized spacial score (nSPS) is 18.4. The second kappa shape index (κ2) is 6.59. The summed E-state index contributed by atoms with van der Waals surface area (Å²) in [5.41, 5.74) is 2.54. The second-order valence-electron chi connectivity index (χ2n) is 5.75. The summed E-state index contributed by atoms with van der Waals surface area (Å²) < 4.78 is 11.4. The van der Waals surface area contributed by atoms with Gasteiger partial charge in [-0.2, -0.15) is 0 Å². The lowest BCUT2D eigenvalue weighted by Crippen LogP contribution is -2.57. The molecule has 112 valence electrons. The van der Waals surface area contributed by atoms with Gasteiger partial charge in [0.1, 0.15) is 5.75 Å². The number of nitrogens with one attached hydrogen (secondary N) is 1. The van der Waals surface area contributed by atoms with Crippen LogP contribution >= 0.6 is 0 Å². The van der Waals surface area contributed by atoms with E-state index in [0.717, 1.165) is 31.6 Å². The molecule has 2 rings (SSSR count). The molecular formula is C17H27NO2. The number of rotatable bonds is 7. The van der Waals surface area contributed by atoms with Crippen molar-refractivity contribution in [2.24, 2.45) is 0 Å². The van der Waals surface area contributed by atoms with Gasteiger partial charge in [-0.3, -0.25) is 0 Å². The summed E-state index contributed by atoms with van der Waals surface area (Å²) in [7, 11) is 3.59. The quantitative estimate of drug-likeness (QED) is 0.831. The fourth-order valence-corrected chi connectivity index (χ4v) is 3.20. The molecule has 0 bridgehead atoms. The van der Waals surface area contributed by atoms with E-state index >= 15 is 0 Å². The van der Waals surface area contributed by atoms with Crippen LogP contribution in [0.25, 0.3) is 0 Å². The van der Waals surface area contributed by atoms with E-state index in [-0.39, 0.29) is 5.60 Å². The van der Waals surface area contributed by atoms with Crippen molar-refractivity contribution < 1.29 is 9.47 Å². The van der Waals surface area contributed by atoms with Gasteiger partial charge in [-0.05, 0) is 50.8 Å². The van der Waals surface area contributed by atoms with Crippen LogP contribution in [0.5, 0.6) is 5.75 Å². The molecule has 0 aromatic heterocycles. The fraction of sp³-hybridized carbons (Fsp3) is 0.647. The highest BCUT2D eigenvalue weighted by Gasteiger charge is 2.44. The van der Waals surface area contributed by atoms with E-state index in [1.165, 1.54) is 17.5 Å². The van der Waals surface area contributed by atoms with Crippen molar-refractivity contribution >= 4 is 0 Å². The molecule has 3 nitrogen and oxygen atoms in total. The zero-order chi connectivity index (χ0) is 14.6. The lowest BCUT2D eigenvalue weighted by Gasteiger charge is -2.47. The van der Waals surface area contributed by atoms with Crippen LogP contribution in [-0.2, 0) is 11.2 Å². The molecule has 1 N–H and O–H groups in total. The van der Waals surface area contributed by atoms with E-state index in [2.05, 4.69) is 37.4 Å². The third-order valence-electron chi connectivity index (χ3n) is 4.55. The Balaban J connectivity index is 2.21. The maximum Gasteiger partial charge on any atom is 0.122 e. The summed E-state index contributed by atoms with van der Waals surface area (Å²) in [6.45, 7) is 5.24. The molecule has 3 heteroatoms. The van der Waals surface area contributed by atoms with Crippen LogP contribution < -0.4 is 10.1 Å². The number of hydrogen-bond acceptors (Lipinski definition) is 3. The van der Waals surface area contributed by atoms with Crippen LogP contribution in [0.1, 0.15) is 37.3 Å². The minimum Gasteiger partial charge on any atom is -0.496 e. The van der Waals surface area contributed by atoms with Crippen molar-refractivity contribution in [2.75, 3.05) is 20.8 Å². The first kappa shape index (κ1) is 15.3. The zero-order valence-electron chi connectivity index (χ0n) is 13.2. The van der Waals surface area contributed by atoms with Crippen LogP contribution in [0.3, 0.4) is 0 Å². The third kappa shape index (κ3) is 2.99. The molecule has 0 heterocycles. The topological polar surface area (TPSA) is 30.5 Å². The second-order valence-corrected chi connectivity index (χ2v) is 5.75. The maximum atomic E-state index is 5.86. The van der Waals surface area contributed by atoms with Crippen LogP contribution in [0.2, 0.25) is 0 Å². The van der Waals surface area contributed by atoms with Crippen LogP contribution in [-0.4, -0.2) is 32.4 Å². The van der Waals surface area contributed by atoms with Gasteiger partial charge in [-0.15, -0.1) is 0 Å². The Morgan fingerprint density at radius 3 is 2.55 bits per heavy atom. The first-order valence-corrected chi connectivity index (χ1v) is 7.57. The van der Waals surface area contributed by atoms with E-state index in [1.54, 1.807) is 7.11 Å². The smallest absolute Gasteiger partial charge is 0.122 e. The highest BCUT2D eigenvalue weighted by Crippen LogP contribution is 2.40. The first-order valence-electron chi connectivity index (χ1n) is 7.57. The summed E-state index contributed by atoms with van der Waals surface area (Å²) in [5, 5.41) is 3.62. The molecule has 0 amide bonds. The molecule has 1 aliphatic carbocycles. The molecule has 1 aromatic carbocycles. The van der Waals surface area contributed by atoms with Gasteiger partial charge < -0.3 is 14.8 Å². The lowest BCUT2D eigenvalue weighted by atomic mass is 9.72. The molecule has 1 fully saturated rings. The predicted molar refractivity (Wildman–Crippen MR) is 82.5 cm³/mol. The number of benzene rings is 1. The molecule has 0 saturated heterocycles. The summed E-state index contributed by atoms with van der Waals surface area (Å²) in [5.74, 6) is 0.976. The van der Waals surface area contributed by atoms with Crippen molar-refractivity contribution in [1.29, 1.82) is 0 Å². The minimum atomic E-state index is 0.00473. The van der Waals surface area contributed by atoms with Crippen molar-refractivity contribution in [3.63, 3.8) is 0 Å². The third-order valence-corrected chi connectivity index (χ3v) is 4.55. The van der Waals surface area contributed by atoms with E-state index in [1.807, 2.05) is 7.11 Å². The van der Waals surface area contributed by atoms with E-state index < -0.39 is 0 Å². The molecule has 1 aromatic rings. The molecule has 20 heavy (non-hydrogen) atoms. The van der Waals surface area contributed by atoms with Gasteiger partial charge in [0.05, 0.1) is 12.7 Å². The van der Waals surface area contributed by atoms with Gasteiger partial charge in [0.2, 0.25) is 0 Å². The summed E-state index contributed by atoms with van der Waals surface area (Å²) >= 11 is 0. The fourth-order valence-electron chi connectivity index (χ4n) is 3.20. The van der Waals surface area contributed by atoms with Gasteiger partial charge in [0.15, 0.2) is 0 Å². The van der Waals surface area contributed by atoms with Crippen LogP contribution in [0, 0.1) is 6.92 Å². The molecule has 0 radical (unpaired) electrons. The average Bonchev–Trinajstić information content (AvgIpc) is 2.38. The zero-order valence-corrected chi connectivity index (χ0v) is 13.2. The molecule has 0 aliphatic heterocycles. The van der Waals surface area contributed by atoms with Gasteiger partial charge >= 0.3 is 0 Å². The molecule has 1 atom stereocenters. The van der Waals surface area contributed by atoms with Crippen molar-refractivity contribution in [3.8, 4) is 5.75 Å². The average molecular weight is 277 g/mol. The number of ether oxygens (including phenoxy) is 2. The Bertz CT molecular complexity index is 435. The van der Waals surface area contributed by atoms with Crippen LogP contribution in [0.15, 0.2) is 18.2 Å². The maximum absolute atomic E-state index is 5.86. The predicted octanol–water partition coefficient (Wildman–Crippen LogP) is 3.09. The Kier molecular flexibility index (Phi) is 5.06. The van der Waals surface area contributed by atoms with Crippen molar-refractivity contribution in [2.45, 2.75) is 51.2 Å². The number of likely N-dealkylation sites (N-methyl/N-ethyl adjacent to an activating group) is 1. The largest absolute Gasteiger partial charge is 0.496 e. The van der Waals surface area contributed by atoms with Gasteiger partial charge in [-0.1, -0.05) is 24.6 Å². The summed E-state index contributed by atoms with van der Waals surface area (Å²) in [4.78, 5) is 0. The highest BCUT2D eigenvalue weighted by atomic mass is 16.5. The Morgan fingerprint density at radius 1 is 1.30 bits per heavy atom. The summed E-state index contributed by atoms with van der Waals surface area (Å²) in [6, 6.07) is 6.74. The number of aryl methyl sites for hydroxylation is 1. The van der Waals surface area contributed by atoms with Gasteiger partial charge in [-0.25, -0.2) is 0 Å². The van der Waals surface area contributed by atoms with Crippen LogP contribution in [0.4, 0.5) is 0 Å². The Labute approximate surface area is 122 Å². The molecule has 1 unspecified atom stereocenters. The number of methoxy groups -OCH3 is 2. The number of hydrogen-bond donors (Lipinski definition) is 1. The van der Waals surface area contributed by atoms with E-state index in [0.29, 0.717) is 6.04 Å². The molecule has 1 saturated carbocycles. The monoisotopic (exact) mass is 277 g/mol. The van der Waals surface area contributed by atoms with Gasteiger partial charge in [0, 0.05) is 13.2 Å². The van der Waals surface area contributed by atoms with Crippen molar-refractivity contribution in [1.82, 2.24) is 5.32 Å². The standard InChI is InChI=1S/C17H27NO2/c1-5-18-16(17(20-4)9-6-10-17)12-14-11-13(2)7-8-15(14)19-3/h7-8,11,16,18H,5-6,9-10,12H2,1-4H3.